The first kappa shape index (κ1) is 11.5. The molecule has 0 unspecified atom stereocenters. The SMILES string of the molecule is CC(=O)c1cc(C)nc(-c2ccccc2F)c1. The van der Waals surface area contributed by atoms with Crippen molar-refractivity contribution in [2.24, 2.45) is 0 Å². The number of aryl methyl sites for hydroxylation is 1. The summed E-state index contributed by atoms with van der Waals surface area (Å²) >= 11 is 0. The molecule has 1 heterocycles. The van der Waals surface area contributed by atoms with Crippen LogP contribution < -0.4 is 0 Å². The van der Waals surface area contributed by atoms with Crippen LogP contribution in [0.1, 0.15) is 23.0 Å². The van der Waals surface area contributed by atoms with Crippen molar-refractivity contribution in [3.63, 3.8) is 0 Å². The fraction of sp³-hybridized carbons (Fsp3) is 0.143. The fourth-order valence-electron chi connectivity index (χ4n) is 1.68. The van der Waals surface area contributed by atoms with Crippen molar-refractivity contribution in [2.45, 2.75) is 13.8 Å². The minimum atomic E-state index is -0.333. The number of carbonyl (C=O) groups is 1. The van der Waals surface area contributed by atoms with E-state index in [1.807, 2.05) is 0 Å². The molecule has 0 bridgehead atoms. The van der Waals surface area contributed by atoms with Crippen molar-refractivity contribution in [3.05, 3.63) is 53.5 Å². The molecule has 0 amide bonds. The Balaban J connectivity index is 2.60. The Morgan fingerprint density at radius 3 is 2.59 bits per heavy atom. The smallest absolute Gasteiger partial charge is 0.159 e. The van der Waals surface area contributed by atoms with E-state index in [-0.39, 0.29) is 11.6 Å². The highest BCUT2D eigenvalue weighted by Crippen LogP contribution is 2.22. The molecule has 0 N–H and O–H groups in total. The highest BCUT2D eigenvalue weighted by molar-refractivity contribution is 5.95. The predicted molar refractivity (Wildman–Crippen MR) is 64.4 cm³/mol. The van der Waals surface area contributed by atoms with Crippen LogP contribution in [0, 0.1) is 12.7 Å². The molecule has 0 aliphatic carbocycles. The summed E-state index contributed by atoms with van der Waals surface area (Å²) in [6.07, 6.45) is 0. The molecule has 3 heteroatoms. The summed E-state index contributed by atoms with van der Waals surface area (Å²) in [6.45, 7) is 3.27. The van der Waals surface area contributed by atoms with Gasteiger partial charge in [-0.3, -0.25) is 9.78 Å². The fourth-order valence-corrected chi connectivity index (χ4v) is 1.68. The van der Waals surface area contributed by atoms with Gasteiger partial charge in [0.1, 0.15) is 5.82 Å². The molecule has 1 aromatic carbocycles. The van der Waals surface area contributed by atoms with Gasteiger partial charge in [-0.25, -0.2) is 4.39 Å². The van der Waals surface area contributed by atoms with Gasteiger partial charge in [-0.1, -0.05) is 12.1 Å². The Labute approximate surface area is 99.1 Å². The Kier molecular flexibility index (Phi) is 3.00. The minimum absolute atomic E-state index is 0.0481. The lowest BCUT2D eigenvalue weighted by Gasteiger charge is -2.05. The summed E-state index contributed by atoms with van der Waals surface area (Å²) in [6, 6.07) is 9.73. The lowest BCUT2D eigenvalue weighted by atomic mass is 10.1. The van der Waals surface area contributed by atoms with Crippen LogP contribution in [0.15, 0.2) is 36.4 Å². The van der Waals surface area contributed by atoms with Crippen molar-refractivity contribution >= 4 is 5.78 Å². The number of aromatic nitrogens is 1. The van der Waals surface area contributed by atoms with Crippen molar-refractivity contribution in [1.29, 1.82) is 0 Å². The molecule has 86 valence electrons. The Morgan fingerprint density at radius 1 is 1.24 bits per heavy atom. The maximum absolute atomic E-state index is 13.6. The van der Waals surface area contributed by atoms with Crippen LogP contribution in [0.2, 0.25) is 0 Å². The second-order valence-corrected chi connectivity index (χ2v) is 3.92. The number of Topliss-reactive ketones (excluding diaryl/α,β-unsaturated/α-hetero) is 1. The third-order valence-corrected chi connectivity index (χ3v) is 2.51. The van der Waals surface area contributed by atoms with E-state index in [4.69, 9.17) is 0 Å². The third-order valence-electron chi connectivity index (χ3n) is 2.51. The molecule has 1 aromatic heterocycles. The van der Waals surface area contributed by atoms with E-state index in [1.165, 1.54) is 13.0 Å². The zero-order chi connectivity index (χ0) is 12.4. The van der Waals surface area contributed by atoms with Crippen LogP contribution in [-0.2, 0) is 0 Å². The Morgan fingerprint density at radius 2 is 1.94 bits per heavy atom. The molecule has 0 radical (unpaired) electrons. The van der Waals surface area contributed by atoms with Gasteiger partial charge in [0.15, 0.2) is 5.78 Å². The topological polar surface area (TPSA) is 30.0 Å². The van der Waals surface area contributed by atoms with Gasteiger partial charge in [0.25, 0.3) is 0 Å². The summed E-state index contributed by atoms with van der Waals surface area (Å²) in [7, 11) is 0. The number of ketones is 1. The predicted octanol–water partition coefficient (Wildman–Crippen LogP) is 3.40. The van der Waals surface area contributed by atoms with Crippen molar-refractivity contribution in [1.82, 2.24) is 4.98 Å². The van der Waals surface area contributed by atoms with Gasteiger partial charge in [0, 0.05) is 16.8 Å². The molecule has 2 nitrogen and oxygen atoms in total. The van der Waals surface area contributed by atoms with E-state index in [0.29, 0.717) is 22.5 Å². The zero-order valence-electron chi connectivity index (χ0n) is 9.70. The number of hydrogen-bond donors (Lipinski definition) is 0. The van der Waals surface area contributed by atoms with E-state index in [1.54, 1.807) is 37.3 Å². The second-order valence-electron chi connectivity index (χ2n) is 3.92. The first-order valence-electron chi connectivity index (χ1n) is 5.32. The number of hydrogen-bond acceptors (Lipinski definition) is 2. The lowest BCUT2D eigenvalue weighted by molar-refractivity contribution is 0.101. The number of rotatable bonds is 2. The highest BCUT2D eigenvalue weighted by atomic mass is 19.1. The van der Waals surface area contributed by atoms with Crippen molar-refractivity contribution < 1.29 is 9.18 Å². The first-order valence-corrected chi connectivity index (χ1v) is 5.32. The van der Waals surface area contributed by atoms with E-state index in [9.17, 15) is 9.18 Å². The van der Waals surface area contributed by atoms with E-state index in [2.05, 4.69) is 4.98 Å². The molecular formula is C14H12FNO. The van der Waals surface area contributed by atoms with Crippen molar-refractivity contribution in [2.75, 3.05) is 0 Å². The highest BCUT2D eigenvalue weighted by Gasteiger charge is 2.09. The van der Waals surface area contributed by atoms with Gasteiger partial charge in [0.05, 0.1) is 5.69 Å². The molecule has 0 fully saturated rings. The van der Waals surface area contributed by atoms with E-state index in [0.717, 1.165) is 0 Å². The number of halogens is 1. The number of nitrogens with zero attached hydrogens (tertiary/aromatic N) is 1. The summed E-state index contributed by atoms with van der Waals surface area (Å²) in [5, 5.41) is 0. The number of carbonyl (C=O) groups excluding carboxylic acids is 1. The van der Waals surface area contributed by atoms with Gasteiger partial charge in [-0.05, 0) is 38.1 Å². The van der Waals surface area contributed by atoms with Gasteiger partial charge < -0.3 is 0 Å². The molecule has 0 saturated carbocycles. The minimum Gasteiger partial charge on any atom is -0.295 e. The van der Waals surface area contributed by atoms with Crippen LogP contribution in [0.5, 0.6) is 0 Å². The monoisotopic (exact) mass is 229 g/mol. The molecule has 0 spiro atoms. The standard InChI is InChI=1S/C14H12FNO/c1-9-7-11(10(2)17)8-14(16-9)12-5-3-4-6-13(12)15/h3-8H,1-2H3. The largest absolute Gasteiger partial charge is 0.295 e. The first-order chi connectivity index (χ1) is 8.08. The molecular weight excluding hydrogens is 217 g/mol. The van der Waals surface area contributed by atoms with Gasteiger partial charge in [-0.2, -0.15) is 0 Å². The quantitative estimate of drug-likeness (QED) is 0.739. The van der Waals surface area contributed by atoms with Gasteiger partial charge in [0.2, 0.25) is 0 Å². The number of pyridine rings is 1. The maximum atomic E-state index is 13.6. The Hall–Kier alpha value is -2.03. The van der Waals surface area contributed by atoms with Crippen molar-refractivity contribution in [3.8, 4) is 11.3 Å². The Bertz CT molecular complexity index is 578. The molecule has 0 aliphatic rings. The summed E-state index contributed by atoms with van der Waals surface area (Å²) in [5.74, 6) is -0.381. The third kappa shape index (κ3) is 2.38. The zero-order valence-corrected chi connectivity index (χ0v) is 9.70. The molecule has 2 aromatic rings. The van der Waals surface area contributed by atoms with Gasteiger partial charge >= 0.3 is 0 Å². The second kappa shape index (κ2) is 4.45. The van der Waals surface area contributed by atoms with Crippen LogP contribution in [0.3, 0.4) is 0 Å². The van der Waals surface area contributed by atoms with E-state index >= 15 is 0 Å². The van der Waals surface area contributed by atoms with Crippen LogP contribution >= 0.6 is 0 Å². The molecule has 0 atom stereocenters. The summed E-state index contributed by atoms with van der Waals surface area (Å²) in [5.41, 5.74) is 2.17. The van der Waals surface area contributed by atoms with Crippen LogP contribution in [0.4, 0.5) is 4.39 Å². The molecule has 2 rings (SSSR count). The van der Waals surface area contributed by atoms with Crippen LogP contribution in [-0.4, -0.2) is 10.8 Å². The maximum Gasteiger partial charge on any atom is 0.159 e. The van der Waals surface area contributed by atoms with Crippen LogP contribution in [0.25, 0.3) is 11.3 Å². The molecule has 0 aliphatic heterocycles. The number of benzene rings is 1. The lowest BCUT2D eigenvalue weighted by Crippen LogP contribution is -1.97. The average molecular weight is 229 g/mol. The van der Waals surface area contributed by atoms with E-state index < -0.39 is 0 Å². The summed E-state index contributed by atoms with van der Waals surface area (Å²) in [4.78, 5) is 15.6. The molecule has 0 saturated heterocycles. The normalized spacial score (nSPS) is 10.3. The van der Waals surface area contributed by atoms with Gasteiger partial charge in [-0.15, -0.1) is 0 Å². The molecule has 17 heavy (non-hydrogen) atoms. The average Bonchev–Trinajstić information content (AvgIpc) is 2.28. The summed E-state index contributed by atoms with van der Waals surface area (Å²) < 4.78 is 13.6.